The molecule has 0 aliphatic carbocycles. The van der Waals surface area contributed by atoms with Gasteiger partial charge in [0.15, 0.2) is 0 Å². The Morgan fingerprint density at radius 1 is 1.31 bits per heavy atom. The van der Waals surface area contributed by atoms with Crippen LogP contribution >= 0.6 is 11.6 Å². The van der Waals surface area contributed by atoms with Crippen LogP contribution in [0.1, 0.15) is 23.2 Å². The van der Waals surface area contributed by atoms with Gasteiger partial charge in [-0.2, -0.15) is 0 Å². The summed E-state index contributed by atoms with van der Waals surface area (Å²) in [5.41, 5.74) is 5.74. The van der Waals surface area contributed by atoms with E-state index in [1.807, 2.05) is 0 Å². The van der Waals surface area contributed by atoms with Crippen LogP contribution in [0, 0.1) is 6.92 Å². The maximum atomic E-state index is 5.83. The third-order valence-electron chi connectivity index (χ3n) is 3.55. The lowest BCUT2D eigenvalue weighted by Crippen LogP contribution is -2.09. The van der Waals surface area contributed by atoms with Crippen molar-refractivity contribution in [3.05, 3.63) is 35.0 Å². The molecular formula is C14H16ClN. The van der Waals surface area contributed by atoms with Crippen LogP contribution in [-0.2, 0) is 19.4 Å². The number of alkyl halides is 1. The number of aryl methyl sites for hydroxylation is 4. The lowest BCUT2D eigenvalue weighted by molar-refractivity contribution is 0.623. The standard InChI is InChI=1S/C14H16ClN/c1-10-7-13-9-11(4-5-15)8-12-3-2-6-16(10)14(12)13/h7-9H,2-6H2,1H3. The highest BCUT2D eigenvalue weighted by Gasteiger charge is 2.15. The summed E-state index contributed by atoms with van der Waals surface area (Å²) < 4.78 is 2.46. The Morgan fingerprint density at radius 3 is 3.00 bits per heavy atom. The first-order valence-corrected chi connectivity index (χ1v) is 6.50. The van der Waals surface area contributed by atoms with Gasteiger partial charge < -0.3 is 4.57 Å². The van der Waals surface area contributed by atoms with Crippen molar-refractivity contribution in [1.82, 2.24) is 4.57 Å². The molecule has 1 aromatic heterocycles. The Morgan fingerprint density at radius 2 is 2.19 bits per heavy atom. The largest absolute Gasteiger partial charge is 0.345 e. The van der Waals surface area contributed by atoms with Crippen LogP contribution in [0.3, 0.4) is 0 Å². The molecule has 2 aromatic rings. The van der Waals surface area contributed by atoms with Crippen molar-refractivity contribution in [2.45, 2.75) is 32.7 Å². The van der Waals surface area contributed by atoms with Crippen LogP contribution in [-0.4, -0.2) is 10.4 Å². The number of halogens is 1. The summed E-state index contributed by atoms with van der Waals surface area (Å²) >= 11 is 5.83. The number of rotatable bonds is 2. The third kappa shape index (κ3) is 1.46. The van der Waals surface area contributed by atoms with Crippen LogP contribution in [0.25, 0.3) is 10.9 Å². The van der Waals surface area contributed by atoms with Gasteiger partial charge in [0.2, 0.25) is 0 Å². The number of benzene rings is 1. The first-order chi connectivity index (χ1) is 7.79. The summed E-state index contributed by atoms with van der Waals surface area (Å²) in [5, 5.41) is 1.40. The van der Waals surface area contributed by atoms with E-state index < -0.39 is 0 Å². The summed E-state index contributed by atoms with van der Waals surface area (Å²) in [6, 6.07) is 6.96. The second-order valence-corrected chi connectivity index (χ2v) is 5.05. The molecule has 0 radical (unpaired) electrons. The van der Waals surface area contributed by atoms with E-state index in [2.05, 4.69) is 29.7 Å². The zero-order valence-corrected chi connectivity index (χ0v) is 10.3. The summed E-state index contributed by atoms with van der Waals surface area (Å²) in [4.78, 5) is 0. The SMILES string of the molecule is Cc1cc2cc(CCCl)cc3c2n1CCC3. The minimum atomic E-state index is 0.713. The molecule has 2 heteroatoms. The Labute approximate surface area is 101 Å². The molecule has 1 aliphatic rings. The smallest absolute Gasteiger partial charge is 0.0515 e. The molecule has 1 nitrogen and oxygen atoms in total. The molecule has 0 N–H and O–H groups in total. The second kappa shape index (κ2) is 3.81. The predicted octanol–water partition coefficient (Wildman–Crippen LogP) is 3.68. The number of nitrogens with zero attached hydrogens (tertiary/aromatic N) is 1. The van der Waals surface area contributed by atoms with Gasteiger partial charge in [-0.25, -0.2) is 0 Å². The Bertz CT molecular complexity index is 539. The molecule has 2 heterocycles. The Kier molecular flexibility index (Phi) is 2.44. The molecule has 0 spiro atoms. The van der Waals surface area contributed by atoms with E-state index in [1.165, 1.54) is 47.1 Å². The number of hydrogen-bond acceptors (Lipinski definition) is 0. The molecule has 16 heavy (non-hydrogen) atoms. The van der Waals surface area contributed by atoms with Crippen LogP contribution in [0.15, 0.2) is 18.2 Å². The van der Waals surface area contributed by atoms with Gasteiger partial charge in [0.25, 0.3) is 0 Å². The van der Waals surface area contributed by atoms with Gasteiger partial charge in [-0.15, -0.1) is 11.6 Å². The minimum Gasteiger partial charge on any atom is -0.345 e. The summed E-state index contributed by atoms with van der Waals surface area (Å²) in [5.74, 6) is 0.713. The van der Waals surface area contributed by atoms with Gasteiger partial charge in [0.1, 0.15) is 0 Å². The van der Waals surface area contributed by atoms with E-state index in [0.29, 0.717) is 5.88 Å². The van der Waals surface area contributed by atoms with Gasteiger partial charge >= 0.3 is 0 Å². The van der Waals surface area contributed by atoms with Crippen molar-refractivity contribution in [3.8, 4) is 0 Å². The Hall–Kier alpha value is -0.950. The summed E-state index contributed by atoms with van der Waals surface area (Å²) in [6.45, 7) is 3.38. The molecule has 0 unspecified atom stereocenters. The first-order valence-electron chi connectivity index (χ1n) is 5.97. The maximum Gasteiger partial charge on any atom is 0.0515 e. The molecule has 0 fully saturated rings. The second-order valence-electron chi connectivity index (χ2n) is 4.67. The molecule has 1 aliphatic heterocycles. The van der Waals surface area contributed by atoms with Gasteiger partial charge in [0.05, 0.1) is 5.52 Å². The molecule has 0 amide bonds. The van der Waals surface area contributed by atoms with E-state index in [9.17, 15) is 0 Å². The van der Waals surface area contributed by atoms with E-state index in [0.717, 1.165) is 6.42 Å². The zero-order valence-electron chi connectivity index (χ0n) is 9.59. The average Bonchev–Trinajstić information content (AvgIpc) is 2.58. The fraction of sp³-hybridized carbons (Fsp3) is 0.429. The average molecular weight is 234 g/mol. The summed E-state index contributed by atoms with van der Waals surface area (Å²) in [7, 11) is 0. The van der Waals surface area contributed by atoms with Crippen molar-refractivity contribution in [3.63, 3.8) is 0 Å². The first kappa shape index (κ1) is 10.2. The molecular weight excluding hydrogens is 218 g/mol. The topological polar surface area (TPSA) is 4.93 Å². The van der Waals surface area contributed by atoms with Crippen molar-refractivity contribution < 1.29 is 0 Å². The molecule has 1 aromatic carbocycles. The number of aromatic nitrogens is 1. The monoisotopic (exact) mass is 233 g/mol. The zero-order chi connectivity index (χ0) is 11.1. The summed E-state index contributed by atoms with van der Waals surface area (Å²) in [6.07, 6.45) is 3.47. The predicted molar refractivity (Wildman–Crippen MR) is 69.4 cm³/mol. The highest BCUT2D eigenvalue weighted by atomic mass is 35.5. The minimum absolute atomic E-state index is 0.713. The molecule has 0 saturated heterocycles. The van der Waals surface area contributed by atoms with Gasteiger partial charge in [-0.1, -0.05) is 6.07 Å². The van der Waals surface area contributed by atoms with Crippen molar-refractivity contribution in [2.24, 2.45) is 0 Å². The van der Waals surface area contributed by atoms with Crippen LogP contribution in [0.2, 0.25) is 0 Å². The fourth-order valence-electron chi connectivity index (χ4n) is 2.87. The highest BCUT2D eigenvalue weighted by Crippen LogP contribution is 2.30. The van der Waals surface area contributed by atoms with Crippen LogP contribution in [0.5, 0.6) is 0 Å². The molecule has 0 bridgehead atoms. The van der Waals surface area contributed by atoms with Crippen LogP contribution in [0.4, 0.5) is 0 Å². The fourth-order valence-corrected chi connectivity index (χ4v) is 3.08. The quantitative estimate of drug-likeness (QED) is 0.698. The number of hydrogen-bond donors (Lipinski definition) is 0. The molecule has 84 valence electrons. The normalized spacial score (nSPS) is 14.6. The van der Waals surface area contributed by atoms with Gasteiger partial charge in [-0.3, -0.25) is 0 Å². The lowest BCUT2D eigenvalue weighted by Gasteiger charge is -2.18. The van der Waals surface area contributed by atoms with E-state index in [4.69, 9.17) is 11.6 Å². The third-order valence-corrected chi connectivity index (χ3v) is 3.74. The maximum absolute atomic E-state index is 5.83. The van der Waals surface area contributed by atoms with Crippen molar-refractivity contribution in [2.75, 3.05) is 5.88 Å². The van der Waals surface area contributed by atoms with Crippen molar-refractivity contribution in [1.29, 1.82) is 0 Å². The van der Waals surface area contributed by atoms with Gasteiger partial charge in [-0.05, 0) is 49.4 Å². The van der Waals surface area contributed by atoms with E-state index in [1.54, 1.807) is 0 Å². The molecule has 0 atom stereocenters. The van der Waals surface area contributed by atoms with E-state index in [-0.39, 0.29) is 0 Å². The highest BCUT2D eigenvalue weighted by molar-refractivity contribution is 6.18. The van der Waals surface area contributed by atoms with Crippen molar-refractivity contribution >= 4 is 22.5 Å². The molecule has 3 rings (SSSR count). The van der Waals surface area contributed by atoms with E-state index >= 15 is 0 Å². The van der Waals surface area contributed by atoms with Crippen LogP contribution < -0.4 is 0 Å². The van der Waals surface area contributed by atoms with Gasteiger partial charge in [0, 0.05) is 23.5 Å². The molecule has 0 saturated carbocycles. The lowest BCUT2D eigenvalue weighted by atomic mass is 9.99. The Balaban J connectivity index is 2.26.